The van der Waals surface area contributed by atoms with Crippen LogP contribution in [-0.4, -0.2) is 9.97 Å². The van der Waals surface area contributed by atoms with Crippen LogP contribution >= 0.6 is 0 Å². The van der Waals surface area contributed by atoms with Gasteiger partial charge in [-0.2, -0.15) is 4.98 Å². The lowest BCUT2D eigenvalue weighted by Crippen LogP contribution is -2.03. The van der Waals surface area contributed by atoms with Crippen LogP contribution in [0.15, 0.2) is 6.07 Å². The molecule has 0 radical (unpaired) electrons. The van der Waals surface area contributed by atoms with Crippen LogP contribution in [0.3, 0.4) is 0 Å². The van der Waals surface area contributed by atoms with Gasteiger partial charge in [-0.1, -0.05) is 0 Å². The molecule has 0 aromatic carbocycles. The summed E-state index contributed by atoms with van der Waals surface area (Å²) in [5.41, 5.74) is 10.2. The van der Waals surface area contributed by atoms with E-state index in [1.807, 2.05) is 0 Å². The molecule has 0 saturated heterocycles. The second-order valence-electron chi connectivity index (χ2n) is 1.49. The molecule has 0 fully saturated rings. The van der Waals surface area contributed by atoms with Gasteiger partial charge in [-0.15, -0.1) is 0 Å². The van der Waals surface area contributed by atoms with E-state index in [1.165, 1.54) is 0 Å². The first kappa shape index (κ1) is 5.61. The van der Waals surface area contributed by atoms with Gasteiger partial charge < -0.3 is 16.6 Å². The van der Waals surface area contributed by atoms with Crippen LogP contribution in [0.5, 0.6) is 5.88 Å². The van der Waals surface area contributed by atoms with E-state index in [9.17, 15) is 5.11 Å². The van der Waals surface area contributed by atoms with Crippen molar-refractivity contribution < 1.29 is 5.11 Å². The Hall–Kier alpha value is -1.52. The topological polar surface area (TPSA) is 101 Å². The highest BCUT2D eigenvalue weighted by Crippen LogP contribution is 2.05. The third-order valence-electron chi connectivity index (χ3n) is 0.740. The van der Waals surface area contributed by atoms with Crippen molar-refractivity contribution in [1.82, 2.24) is 9.97 Å². The van der Waals surface area contributed by atoms with Gasteiger partial charge in [-0.25, -0.2) is 4.98 Å². The summed E-state index contributed by atoms with van der Waals surface area (Å²) < 4.78 is 0. The van der Waals surface area contributed by atoms with Crippen LogP contribution in [0.2, 0.25) is 0 Å². The largest absolute Gasteiger partial charge is 0.858 e. The van der Waals surface area contributed by atoms with E-state index in [1.54, 1.807) is 0 Å². The van der Waals surface area contributed by atoms with Crippen molar-refractivity contribution in [3.8, 4) is 5.88 Å². The van der Waals surface area contributed by atoms with Gasteiger partial charge in [0.15, 0.2) is 0 Å². The molecule has 5 nitrogen and oxygen atoms in total. The molecule has 0 aliphatic carbocycles. The molecule has 0 aliphatic heterocycles. The van der Waals surface area contributed by atoms with Gasteiger partial charge in [0, 0.05) is 0 Å². The maximum absolute atomic E-state index is 10.4. The van der Waals surface area contributed by atoms with Gasteiger partial charge in [0.25, 0.3) is 0 Å². The smallest absolute Gasteiger partial charge is 0.221 e. The molecular formula is C4H5N4O-. The van der Waals surface area contributed by atoms with Crippen molar-refractivity contribution in [3.05, 3.63) is 6.07 Å². The maximum atomic E-state index is 10.4. The van der Waals surface area contributed by atoms with Crippen molar-refractivity contribution in [2.75, 3.05) is 11.5 Å². The van der Waals surface area contributed by atoms with Gasteiger partial charge in [0.05, 0.1) is 0 Å². The van der Waals surface area contributed by atoms with E-state index < -0.39 is 5.88 Å². The summed E-state index contributed by atoms with van der Waals surface area (Å²) in [4.78, 5) is 6.74. The minimum Gasteiger partial charge on any atom is -0.858 e. The number of nitrogens with two attached hydrogens (primary N) is 2. The fourth-order valence-electron chi connectivity index (χ4n) is 0.461. The molecule has 9 heavy (non-hydrogen) atoms. The molecular weight excluding hydrogens is 120 g/mol. The van der Waals surface area contributed by atoms with E-state index in [2.05, 4.69) is 9.97 Å². The zero-order valence-corrected chi connectivity index (χ0v) is 4.53. The third kappa shape index (κ3) is 1.18. The van der Waals surface area contributed by atoms with E-state index in [-0.39, 0.29) is 11.8 Å². The van der Waals surface area contributed by atoms with Gasteiger partial charge in [-0.05, 0) is 11.9 Å². The average molecular weight is 125 g/mol. The lowest BCUT2D eigenvalue weighted by atomic mass is 10.6. The molecule has 4 N–H and O–H groups in total. The summed E-state index contributed by atoms with van der Waals surface area (Å²) in [6.07, 6.45) is 0. The molecule has 1 aromatic rings. The molecule has 0 saturated carbocycles. The number of hydrogen-bond acceptors (Lipinski definition) is 5. The Balaban J connectivity index is 3.17. The monoisotopic (exact) mass is 125 g/mol. The van der Waals surface area contributed by atoms with Crippen LogP contribution in [0.1, 0.15) is 0 Å². The number of rotatable bonds is 0. The number of hydrogen-bond donors (Lipinski definition) is 2. The second-order valence-corrected chi connectivity index (χ2v) is 1.49. The number of anilines is 2. The van der Waals surface area contributed by atoms with E-state index in [0.29, 0.717) is 0 Å². The highest BCUT2D eigenvalue weighted by Gasteiger charge is 1.88. The Morgan fingerprint density at radius 1 is 1.33 bits per heavy atom. The van der Waals surface area contributed by atoms with Crippen LogP contribution in [-0.2, 0) is 0 Å². The predicted molar refractivity (Wildman–Crippen MR) is 30.3 cm³/mol. The summed E-state index contributed by atoms with van der Waals surface area (Å²) in [7, 11) is 0. The predicted octanol–water partition coefficient (Wildman–Crippen LogP) is -1.29. The molecule has 1 heterocycles. The summed E-state index contributed by atoms with van der Waals surface area (Å²) in [6.45, 7) is 0. The number of aromatic nitrogens is 2. The van der Waals surface area contributed by atoms with Crippen LogP contribution < -0.4 is 16.6 Å². The average Bonchev–Trinajstić information content (AvgIpc) is 1.59. The zero-order valence-electron chi connectivity index (χ0n) is 4.53. The van der Waals surface area contributed by atoms with E-state index in [0.717, 1.165) is 6.07 Å². The second kappa shape index (κ2) is 1.77. The van der Waals surface area contributed by atoms with Crippen LogP contribution in [0, 0.1) is 0 Å². The van der Waals surface area contributed by atoms with Crippen molar-refractivity contribution in [2.45, 2.75) is 0 Å². The molecule has 0 aliphatic rings. The molecule has 0 atom stereocenters. The molecule has 5 heteroatoms. The Labute approximate surface area is 51.3 Å². The lowest BCUT2D eigenvalue weighted by molar-refractivity contribution is -0.274. The molecule has 1 rings (SSSR count). The van der Waals surface area contributed by atoms with Gasteiger partial charge >= 0.3 is 0 Å². The molecule has 48 valence electrons. The first-order chi connectivity index (χ1) is 4.18. The van der Waals surface area contributed by atoms with Crippen LogP contribution in [0.25, 0.3) is 0 Å². The Bertz CT molecular complexity index is 173. The van der Waals surface area contributed by atoms with E-state index in [4.69, 9.17) is 11.5 Å². The first-order valence-electron chi connectivity index (χ1n) is 2.25. The van der Waals surface area contributed by atoms with Gasteiger partial charge in [0.2, 0.25) is 5.95 Å². The summed E-state index contributed by atoms with van der Waals surface area (Å²) in [5.74, 6) is -0.437. The quantitative estimate of drug-likeness (QED) is 0.449. The number of nitrogen functional groups attached to an aromatic ring is 2. The van der Waals surface area contributed by atoms with Gasteiger partial charge in [0.1, 0.15) is 5.82 Å². The highest BCUT2D eigenvalue weighted by molar-refractivity contribution is 5.37. The minimum atomic E-state index is -0.458. The Morgan fingerprint density at radius 2 is 2.00 bits per heavy atom. The lowest BCUT2D eigenvalue weighted by Gasteiger charge is -2.03. The van der Waals surface area contributed by atoms with Crippen molar-refractivity contribution >= 4 is 11.8 Å². The maximum Gasteiger partial charge on any atom is 0.221 e. The zero-order chi connectivity index (χ0) is 6.85. The fraction of sp³-hybridized carbons (Fsp3) is 0. The van der Waals surface area contributed by atoms with Crippen molar-refractivity contribution in [2.24, 2.45) is 0 Å². The Morgan fingerprint density at radius 3 is 2.44 bits per heavy atom. The minimum absolute atomic E-state index is 0.0833. The van der Waals surface area contributed by atoms with E-state index >= 15 is 0 Å². The number of nitrogens with zero attached hydrogens (tertiary/aromatic N) is 2. The molecule has 1 aromatic heterocycles. The SMILES string of the molecule is Nc1cc([O-])nc(N)n1. The summed E-state index contributed by atoms with van der Waals surface area (Å²) in [5, 5.41) is 10.4. The normalized spacial score (nSPS) is 9.33. The Kier molecular flexibility index (Phi) is 1.11. The molecule has 0 bridgehead atoms. The fourth-order valence-corrected chi connectivity index (χ4v) is 0.461. The van der Waals surface area contributed by atoms with Crippen molar-refractivity contribution in [1.29, 1.82) is 0 Å². The first-order valence-corrected chi connectivity index (χ1v) is 2.25. The van der Waals surface area contributed by atoms with Crippen LogP contribution in [0.4, 0.5) is 11.8 Å². The standard InChI is InChI=1S/C4H6N4O/c5-2-1-3(9)8-4(6)7-2/h1H,(H5,5,6,7,8,9)/p-1. The molecule has 0 amide bonds. The highest BCUT2D eigenvalue weighted by atomic mass is 16.3. The van der Waals surface area contributed by atoms with Gasteiger partial charge in [-0.3, -0.25) is 0 Å². The molecule has 0 spiro atoms. The molecule has 0 unspecified atom stereocenters. The third-order valence-corrected chi connectivity index (χ3v) is 0.740. The van der Waals surface area contributed by atoms with Crippen molar-refractivity contribution in [3.63, 3.8) is 0 Å². The summed E-state index contributed by atoms with van der Waals surface area (Å²) in [6, 6.07) is 1.11. The summed E-state index contributed by atoms with van der Waals surface area (Å²) >= 11 is 0.